The molecule has 0 amide bonds. The van der Waals surface area contributed by atoms with Gasteiger partial charge in [0.15, 0.2) is 0 Å². The molecule has 1 rings (SSSR count). The van der Waals surface area contributed by atoms with Crippen LogP contribution >= 0.6 is 0 Å². The lowest BCUT2D eigenvalue weighted by Crippen LogP contribution is -2.33. The van der Waals surface area contributed by atoms with Crippen molar-refractivity contribution in [2.75, 3.05) is 0 Å². The van der Waals surface area contributed by atoms with Crippen LogP contribution in [0.1, 0.15) is 11.3 Å². The van der Waals surface area contributed by atoms with Crippen molar-refractivity contribution in [3.63, 3.8) is 0 Å². The van der Waals surface area contributed by atoms with Crippen LogP contribution in [0, 0.1) is 13.8 Å². The Bertz CT molecular complexity index is 200. The van der Waals surface area contributed by atoms with Crippen LogP contribution in [-0.2, 0) is 0 Å². The fraction of sp³-hybridized carbons (Fsp3) is 0.286. The topological polar surface area (TPSA) is 24.1 Å². The molecule has 2 heteroatoms. The highest BCUT2D eigenvalue weighted by Crippen LogP contribution is 1.96. The summed E-state index contributed by atoms with van der Waals surface area (Å²) in [5, 5.41) is 9.02. The van der Waals surface area contributed by atoms with Gasteiger partial charge >= 0.3 is 0 Å². The van der Waals surface area contributed by atoms with Crippen molar-refractivity contribution < 1.29 is 9.94 Å². The first kappa shape index (κ1) is 6.08. The second kappa shape index (κ2) is 2.05. The van der Waals surface area contributed by atoms with E-state index >= 15 is 0 Å². The zero-order valence-electron chi connectivity index (χ0n) is 5.63. The lowest BCUT2D eigenvalue weighted by Gasteiger charge is -1.90. The van der Waals surface area contributed by atoms with Crippen LogP contribution in [-0.4, -0.2) is 5.21 Å². The van der Waals surface area contributed by atoms with Crippen molar-refractivity contribution in [1.82, 2.24) is 0 Å². The molecule has 0 radical (unpaired) electrons. The summed E-state index contributed by atoms with van der Waals surface area (Å²) in [6, 6.07) is 3.77. The van der Waals surface area contributed by atoms with Gasteiger partial charge in [0.2, 0.25) is 11.9 Å². The Balaban J connectivity index is 3.25. The molecule has 1 aromatic heterocycles. The third-order valence-electron chi connectivity index (χ3n) is 1.49. The quantitative estimate of drug-likeness (QED) is 0.402. The van der Waals surface area contributed by atoms with Crippen LogP contribution in [0.3, 0.4) is 0 Å². The van der Waals surface area contributed by atoms with E-state index in [4.69, 9.17) is 5.21 Å². The van der Waals surface area contributed by atoms with E-state index in [9.17, 15) is 0 Å². The van der Waals surface area contributed by atoms with Gasteiger partial charge in [0.25, 0.3) is 0 Å². The molecule has 1 heterocycles. The molecule has 0 saturated heterocycles. The van der Waals surface area contributed by atoms with Crippen LogP contribution in [0.5, 0.6) is 0 Å². The summed E-state index contributed by atoms with van der Waals surface area (Å²) in [5.41, 5.74) is 1.98. The van der Waals surface area contributed by atoms with E-state index in [0.29, 0.717) is 0 Å². The second-order valence-corrected chi connectivity index (χ2v) is 2.12. The Morgan fingerprint density at radius 3 is 2.56 bits per heavy atom. The summed E-state index contributed by atoms with van der Waals surface area (Å²) in [5.74, 6) is 0. The molecule has 0 unspecified atom stereocenters. The van der Waals surface area contributed by atoms with Gasteiger partial charge < -0.3 is 0 Å². The third kappa shape index (κ3) is 1.02. The SMILES string of the molecule is Cc1ccc[n+](O)c1C. The number of nitrogens with zero attached hydrogens (tertiary/aromatic N) is 1. The van der Waals surface area contributed by atoms with Gasteiger partial charge in [-0.05, 0) is 13.0 Å². The number of pyridine rings is 1. The summed E-state index contributed by atoms with van der Waals surface area (Å²) in [4.78, 5) is 0. The minimum atomic E-state index is 0.887. The molecule has 0 aliphatic heterocycles. The minimum absolute atomic E-state index is 0.887. The van der Waals surface area contributed by atoms with Gasteiger partial charge in [-0.1, -0.05) is 0 Å². The average Bonchev–Trinajstić information content (AvgIpc) is 1.83. The summed E-state index contributed by atoms with van der Waals surface area (Å²) < 4.78 is 1.12. The summed E-state index contributed by atoms with van der Waals surface area (Å²) in [6.07, 6.45) is 1.61. The minimum Gasteiger partial charge on any atom is -0.285 e. The normalized spacial score (nSPS) is 9.56. The molecule has 0 spiro atoms. The maximum atomic E-state index is 9.02. The lowest BCUT2D eigenvalue weighted by molar-refractivity contribution is -0.909. The molecule has 0 saturated carbocycles. The summed E-state index contributed by atoms with van der Waals surface area (Å²) in [7, 11) is 0. The van der Waals surface area contributed by atoms with Crippen molar-refractivity contribution in [1.29, 1.82) is 0 Å². The van der Waals surface area contributed by atoms with E-state index in [1.807, 2.05) is 26.0 Å². The number of aryl methyl sites for hydroxylation is 1. The highest BCUT2D eigenvalue weighted by Gasteiger charge is 2.03. The van der Waals surface area contributed by atoms with Crippen LogP contribution in [0.4, 0.5) is 0 Å². The first-order valence-electron chi connectivity index (χ1n) is 2.89. The van der Waals surface area contributed by atoms with Crippen molar-refractivity contribution >= 4 is 0 Å². The predicted molar refractivity (Wildman–Crippen MR) is 33.3 cm³/mol. The van der Waals surface area contributed by atoms with Gasteiger partial charge in [-0.2, -0.15) is 0 Å². The first-order chi connectivity index (χ1) is 4.22. The average molecular weight is 124 g/mol. The van der Waals surface area contributed by atoms with E-state index in [-0.39, 0.29) is 0 Å². The van der Waals surface area contributed by atoms with Gasteiger partial charge in [0.1, 0.15) is 0 Å². The summed E-state index contributed by atoms with van der Waals surface area (Å²) >= 11 is 0. The van der Waals surface area contributed by atoms with Gasteiger partial charge in [0.05, 0.1) is 0 Å². The highest BCUT2D eigenvalue weighted by atomic mass is 16.5. The zero-order chi connectivity index (χ0) is 6.85. The predicted octanol–water partition coefficient (Wildman–Crippen LogP) is 0.828. The highest BCUT2D eigenvalue weighted by molar-refractivity contribution is 5.10. The molecule has 0 fully saturated rings. The number of hydrogen-bond donors (Lipinski definition) is 1. The second-order valence-electron chi connectivity index (χ2n) is 2.12. The largest absolute Gasteiger partial charge is 0.285 e. The Kier molecular flexibility index (Phi) is 1.39. The van der Waals surface area contributed by atoms with Gasteiger partial charge in [0, 0.05) is 23.3 Å². The number of rotatable bonds is 0. The van der Waals surface area contributed by atoms with E-state index in [1.54, 1.807) is 6.20 Å². The Labute approximate surface area is 54.3 Å². The smallest absolute Gasteiger partial charge is 0.233 e. The molecule has 0 aliphatic carbocycles. The molecule has 1 N–H and O–H groups in total. The van der Waals surface area contributed by atoms with Crippen LogP contribution < -0.4 is 4.73 Å². The van der Waals surface area contributed by atoms with Crippen molar-refractivity contribution in [3.05, 3.63) is 29.6 Å². The standard InChI is InChI=1S/C7H10NO/c1-6-4-3-5-8(9)7(6)2/h3-5,9H,1-2H3/q+1. The maximum Gasteiger partial charge on any atom is 0.233 e. The zero-order valence-corrected chi connectivity index (χ0v) is 5.63. The van der Waals surface area contributed by atoms with Crippen LogP contribution in [0.15, 0.2) is 18.3 Å². The molecule has 9 heavy (non-hydrogen) atoms. The fourth-order valence-electron chi connectivity index (χ4n) is 0.682. The molecular formula is C7H10NO+. The van der Waals surface area contributed by atoms with Crippen molar-refractivity contribution in [2.45, 2.75) is 13.8 Å². The molecule has 0 aliphatic rings. The Hall–Kier alpha value is -1.05. The van der Waals surface area contributed by atoms with Crippen LogP contribution in [0.25, 0.3) is 0 Å². The molecule has 0 bridgehead atoms. The molecular weight excluding hydrogens is 114 g/mol. The fourth-order valence-corrected chi connectivity index (χ4v) is 0.682. The van der Waals surface area contributed by atoms with E-state index in [0.717, 1.165) is 16.0 Å². The van der Waals surface area contributed by atoms with Crippen molar-refractivity contribution in [2.24, 2.45) is 0 Å². The Morgan fingerprint density at radius 1 is 1.44 bits per heavy atom. The van der Waals surface area contributed by atoms with E-state index in [2.05, 4.69) is 0 Å². The van der Waals surface area contributed by atoms with Gasteiger partial charge in [-0.25, -0.2) is 0 Å². The van der Waals surface area contributed by atoms with Crippen LogP contribution in [0.2, 0.25) is 0 Å². The third-order valence-corrected chi connectivity index (χ3v) is 1.49. The van der Waals surface area contributed by atoms with Gasteiger partial charge in [-0.3, -0.25) is 5.21 Å². The lowest BCUT2D eigenvalue weighted by atomic mass is 10.2. The number of aromatic nitrogens is 1. The van der Waals surface area contributed by atoms with E-state index in [1.165, 1.54) is 0 Å². The molecule has 0 aromatic carbocycles. The van der Waals surface area contributed by atoms with Gasteiger partial charge in [-0.15, -0.1) is 0 Å². The number of hydrogen-bond acceptors (Lipinski definition) is 1. The van der Waals surface area contributed by atoms with E-state index < -0.39 is 0 Å². The molecule has 48 valence electrons. The maximum absolute atomic E-state index is 9.02. The monoisotopic (exact) mass is 124 g/mol. The molecule has 1 aromatic rings. The van der Waals surface area contributed by atoms with Crippen molar-refractivity contribution in [3.8, 4) is 0 Å². The molecule has 0 atom stereocenters. The molecule has 2 nitrogen and oxygen atoms in total. The first-order valence-corrected chi connectivity index (χ1v) is 2.89. The Morgan fingerprint density at radius 2 is 2.11 bits per heavy atom. The summed E-state index contributed by atoms with van der Waals surface area (Å²) in [6.45, 7) is 3.83.